The summed E-state index contributed by atoms with van der Waals surface area (Å²) in [5.41, 5.74) is 1.24. The van der Waals surface area contributed by atoms with E-state index < -0.39 is 0 Å². The number of hydrogen-bond donors (Lipinski definition) is 1. The maximum absolute atomic E-state index is 12.4. The van der Waals surface area contributed by atoms with E-state index in [1.54, 1.807) is 0 Å². The van der Waals surface area contributed by atoms with Gasteiger partial charge in [0.2, 0.25) is 5.91 Å². The predicted molar refractivity (Wildman–Crippen MR) is 75.6 cm³/mol. The summed E-state index contributed by atoms with van der Waals surface area (Å²) >= 11 is 0. The van der Waals surface area contributed by atoms with Crippen LogP contribution in [0.3, 0.4) is 0 Å². The van der Waals surface area contributed by atoms with Crippen LogP contribution < -0.4 is 5.32 Å². The summed E-state index contributed by atoms with van der Waals surface area (Å²) in [7, 11) is 0. The summed E-state index contributed by atoms with van der Waals surface area (Å²) in [6.45, 7) is 2.83. The van der Waals surface area contributed by atoms with E-state index in [1.807, 2.05) is 18.2 Å². The van der Waals surface area contributed by atoms with Crippen molar-refractivity contribution in [2.24, 2.45) is 5.92 Å². The Hall–Kier alpha value is -1.35. The molecule has 19 heavy (non-hydrogen) atoms. The number of carbonyl (C=O) groups is 1. The zero-order valence-electron chi connectivity index (χ0n) is 11.3. The first-order chi connectivity index (χ1) is 9.34. The molecule has 2 heterocycles. The van der Waals surface area contributed by atoms with Gasteiger partial charge in [0.1, 0.15) is 0 Å². The van der Waals surface area contributed by atoms with E-state index in [2.05, 4.69) is 22.3 Å². The molecule has 0 radical (unpaired) electrons. The van der Waals surface area contributed by atoms with Crippen molar-refractivity contribution in [3.8, 4) is 0 Å². The Morgan fingerprint density at radius 2 is 2.05 bits per heavy atom. The van der Waals surface area contributed by atoms with Crippen LogP contribution in [0.2, 0.25) is 0 Å². The molecule has 3 heteroatoms. The molecule has 1 aromatic carbocycles. The molecular formula is C16H22N2O. The number of likely N-dealkylation sites (tertiary alicyclic amines) is 1. The van der Waals surface area contributed by atoms with Gasteiger partial charge in [-0.05, 0) is 37.3 Å². The van der Waals surface area contributed by atoms with Crippen molar-refractivity contribution in [2.75, 3.05) is 13.1 Å². The van der Waals surface area contributed by atoms with Crippen LogP contribution in [0.1, 0.15) is 31.2 Å². The van der Waals surface area contributed by atoms with Crippen molar-refractivity contribution in [3.63, 3.8) is 0 Å². The van der Waals surface area contributed by atoms with Crippen molar-refractivity contribution < 1.29 is 4.79 Å². The topological polar surface area (TPSA) is 32.3 Å². The highest BCUT2D eigenvalue weighted by molar-refractivity contribution is 5.77. The van der Waals surface area contributed by atoms with Gasteiger partial charge in [-0.2, -0.15) is 0 Å². The first kappa shape index (κ1) is 12.7. The van der Waals surface area contributed by atoms with E-state index in [4.69, 9.17) is 0 Å². The second kappa shape index (κ2) is 5.74. The van der Waals surface area contributed by atoms with Crippen LogP contribution in [0.5, 0.6) is 0 Å². The van der Waals surface area contributed by atoms with E-state index >= 15 is 0 Å². The lowest BCUT2D eigenvalue weighted by molar-refractivity contribution is -0.134. The molecule has 1 amide bonds. The lowest BCUT2D eigenvalue weighted by atomic mass is 9.88. The van der Waals surface area contributed by atoms with Gasteiger partial charge in [0.25, 0.3) is 0 Å². The quantitative estimate of drug-likeness (QED) is 0.882. The van der Waals surface area contributed by atoms with Crippen molar-refractivity contribution in [2.45, 2.75) is 38.3 Å². The number of nitrogens with zero attached hydrogens (tertiary/aromatic N) is 1. The Morgan fingerprint density at radius 1 is 1.21 bits per heavy atom. The Labute approximate surface area is 115 Å². The predicted octanol–water partition coefficient (Wildman–Crippen LogP) is 2.18. The molecule has 102 valence electrons. The standard InChI is InChI=1S/C16H22N2O/c19-16-8-4-7-14-9-10-17-11-15(14)18(16)12-13-5-2-1-3-6-13/h1-3,5-6,14-15,17H,4,7-12H2/t14-,15-/m1/s1. The minimum atomic E-state index is 0.333. The van der Waals surface area contributed by atoms with E-state index in [0.717, 1.165) is 32.5 Å². The molecular weight excluding hydrogens is 236 g/mol. The Bertz CT molecular complexity index is 432. The van der Waals surface area contributed by atoms with Gasteiger partial charge in [-0.3, -0.25) is 4.79 Å². The molecule has 0 unspecified atom stereocenters. The summed E-state index contributed by atoms with van der Waals surface area (Å²) < 4.78 is 0. The monoisotopic (exact) mass is 258 g/mol. The van der Waals surface area contributed by atoms with Crippen LogP contribution in [0.15, 0.2) is 30.3 Å². The third-order valence-corrected chi connectivity index (χ3v) is 4.47. The number of benzene rings is 1. The Kier molecular flexibility index (Phi) is 3.83. The van der Waals surface area contributed by atoms with Crippen molar-refractivity contribution >= 4 is 5.91 Å². The Morgan fingerprint density at radius 3 is 2.89 bits per heavy atom. The Balaban J connectivity index is 1.80. The summed E-state index contributed by atoms with van der Waals surface area (Å²) in [6, 6.07) is 10.7. The first-order valence-electron chi connectivity index (χ1n) is 7.39. The van der Waals surface area contributed by atoms with Crippen LogP contribution in [0.25, 0.3) is 0 Å². The molecule has 0 spiro atoms. The van der Waals surface area contributed by atoms with Crippen LogP contribution in [0.4, 0.5) is 0 Å². The van der Waals surface area contributed by atoms with Gasteiger partial charge in [0.15, 0.2) is 0 Å². The zero-order valence-corrected chi connectivity index (χ0v) is 11.3. The second-order valence-corrected chi connectivity index (χ2v) is 5.72. The SMILES string of the molecule is O=C1CCC[C@@H]2CCNC[C@H]2N1Cc1ccccc1. The molecule has 1 aromatic rings. The highest BCUT2D eigenvalue weighted by Crippen LogP contribution is 2.29. The molecule has 0 aromatic heterocycles. The smallest absolute Gasteiger partial charge is 0.223 e. The molecule has 2 aliphatic heterocycles. The fourth-order valence-corrected chi connectivity index (χ4v) is 3.43. The molecule has 3 nitrogen and oxygen atoms in total. The van der Waals surface area contributed by atoms with Crippen molar-refractivity contribution in [3.05, 3.63) is 35.9 Å². The number of hydrogen-bond acceptors (Lipinski definition) is 2. The third-order valence-electron chi connectivity index (χ3n) is 4.47. The molecule has 2 saturated heterocycles. The highest BCUT2D eigenvalue weighted by atomic mass is 16.2. The molecule has 2 aliphatic rings. The molecule has 3 rings (SSSR count). The average Bonchev–Trinajstić information content (AvgIpc) is 2.61. The second-order valence-electron chi connectivity index (χ2n) is 5.72. The van der Waals surface area contributed by atoms with Crippen molar-refractivity contribution in [1.82, 2.24) is 10.2 Å². The zero-order chi connectivity index (χ0) is 13.1. The summed E-state index contributed by atoms with van der Waals surface area (Å²) in [5.74, 6) is 1.02. The minimum absolute atomic E-state index is 0.333. The van der Waals surface area contributed by atoms with Crippen molar-refractivity contribution in [1.29, 1.82) is 0 Å². The normalized spacial score (nSPS) is 27.8. The van der Waals surface area contributed by atoms with E-state index in [9.17, 15) is 4.79 Å². The van der Waals surface area contributed by atoms with Gasteiger partial charge in [0.05, 0.1) is 0 Å². The van der Waals surface area contributed by atoms with Crippen LogP contribution in [-0.4, -0.2) is 29.9 Å². The van der Waals surface area contributed by atoms with Crippen LogP contribution >= 0.6 is 0 Å². The van der Waals surface area contributed by atoms with E-state index in [0.29, 0.717) is 17.9 Å². The van der Waals surface area contributed by atoms with Gasteiger partial charge in [-0.15, -0.1) is 0 Å². The van der Waals surface area contributed by atoms with E-state index in [-0.39, 0.29) is 0 Å². The van der Waals surface area contributed by atoms with Gasteiger partial charge < -0.3 is 10.2 Å². The largest absolute Gasteiger partial charge is 0.334 e. The number of carbonyl (C=O) groups excluding carboxylic acids is 1. The molecule has 0 aliphatic carbocycles. The molecule has 2 atom stereocenters. The highest BCUT2D eigenvalue weighted by Gasteiger charge is 2.34. The number of fused-ring (bicyclic) bond motifs is 1. The fourth-order valence-electron chi connectivity index (χ4n) is 3.43. The summed E-state index contributed by atoms with van der Waals surface area (Å²) in [6.07, 6.45) is 4.21. The lowest BCUT2D eigenvalue weighted by Crippen LogP contribution is -2.51. The number of amides is 1. The van der Waals surface area contributed by atoms with Gasteiger partial charge in [0, 0.05) is 25.6 Å². The van der Waals surface area contributed by atoms with Crippen LogP contribution in [-0.2, 0) is 11.3 Å². The summed E-state index contributed by atoms with van der Waals surface area (Å²) in [4.78, 5) is 14.5. The number of rotatable bonds is 2. The number of nitrogens with one attached hydrogen (secondary N) is 1. The molecule has 2 fully saturated rings. The maximum atomic E-state index is 12.4. The third kappa shape index (κ3) is 2.81. The molecule has 1 N–H and O–H groups in total. The fraction of sp³-hybridized carbons (Fsp3) is 0.562. The number of piperidine rings is 1. The molecule has 0 bridgehead atoms. The van der Waals surface area contributed by atoms with Gasteiger partial charge in [-0.25, -0.2) is 0 Å². The lowest BCUT2D eigenvalue weighted by Gasteiger charge is -2.38. The minimum Gasteiger partial charge on any atom is -0.334 e. The maximum Gasteiger partial charge on any atom is 0.223 e. The average molecular weight is 258 g/mol. The first-order valence-corrected chi connectivity index (χ1v) is 7.39. The van der Waals surface area contributed by atoms with E-state index in [1.165, 1.54) is 18.4 Å². The summed E-state index contributed by atoms with van der Waals surface area (Å²) in [5, 5.41) is 3.45. The molecule has 0 saturated carbocycles. The van der Waals surface area contributed by atoms with Gasteiger partial charge >= 0.3 is 0 Å². The van der Waals surface area contributed by atoms with Crippen LogP contribution in [0, 0.1) is 5.92 Å². The van der Waals surface area contributed by atoms with Gasteiger partial charge in [-0.1, -0.05) is 30.3 Å².